The van der Waals surface area contributed by atoms with E-state index in [1.165, 1.54) is 18.6 Å². The van der Waals surface area contributed by atoms with E-state index in [0.29, 0.717) is 28.7 Å². The van der Waals surface area contributed by atoms with Gasteiger partial charge in [0.15, 0.2) is 5.78 Å². The van der Waals surface area contributed by atoms with Gasteiger partial charge in [0.25, 0.3) is 0 Å². The molecule has 1 aliphatic carbocycles. The van der Waals surface area contributed by atoms with Gasteiger partial charge >= 0.3 is 0 Å². The molecule has 1 fully saturated rings. The summed E-state index contributed by atoms with van der Waals surface area (Å²) in [6, 6.07) is 15.1. The van der Waals surface area contributed by atoms with Crippen LogP contribution in [0.4, 0.5) is 0 Å². The number of ketones is 1. The summed E-state index contributed by atoms with van der Waals surface area (Å²) >= 11 is 6.00. The Morgan fingerprint density at radius 3 is 2.31 bits per heavy atom. The molecule has 0 aliphatic heterocycles. The summed E-state index contributed by atoms with van der Waals surface area (Å²) < 4.78 is 24.7. The lowest BCUT2D eigenvalue weighted by atomic mass is 9.81. The number of hydrogen-bond acceptors (Lipinski definition) is 4. The molecule has 1 heterocycles. The first-order valence-electron chi connectivity index (χ1n) is 9.34. The molecular formula is C21H20ClN3O3S. The van der Waals surface area contributed by atoms with Crippen LogP contribution in [0.15, 0.2) is 59.5 Å². The van der Waals surface area contributed by atoms with Crippen molar-refractivity contribution in [2.24, 2.45) is 11.1 Å². The largest absolute Gasteiger partial charge is 0.292 e. The Kier molecular flexibility index (Phi) is 5.29. The SMILES string of the molecule is NS(=O)(=O)c1ccc(-c2cc(C(=O)CC3CCC3)nn2-c2ccc(Cl)cc2)cc1. The van der Waals surface area contributed by atoms with Crippen molar-refractivity contribution in [1.82, 2.24) is 9.78 Å². The zero-order valence-electron chi connectivity index (χ0n) is 15.6. The number of carbonyl (C=O) groups excluding carboxylic acids is 1. The number of nitrogens with zero attached hydrogens (tertiary/aromatic N) is 2. The van der Waals surface area contributed by atoms with Crippen molar-refractivity contribution in [3.8, 4) is 16.9 Å². The van der Waals surface area contributed by atoms with Crippen LogP contribution >= 0.6 is 11.6 Å². The molecule has 0 saturated heterocycles. The summed E-state index contributed by atoms with van der Waals surface area (Å²) in [5, 5.41) is 10.3. The average Bonchev–Trinajstić information content (AvgIpc) is 3.10. The molecule has 1 saturated carbocycles. The predicted molar refractivity (Wildman–Crippen MR) is 112 cm³/mol. The molecule has 2 aromatic carbocycles. The van der Waals surface area contributed by atoms with Crippen molar-refractivity contribution in [3.63, 3.8) is 0 Å². The third-order valence-electron chi connectivity index (χ3n) is 5.24. The molecule has 0 radical (unpaired) electrons. The highest BCUT2D eigenvalue weighted by atomic mass is 35.5. The van der Waals surface area contributed by atoms with Crippen LogP contribution in [-0.2, 0) is 10.0 Å². The van der Waals surface area contributed by atoms with E-state index in [2.05, 4.69) is 5.10 Å². The van der Waals surface area contributed by atoms with Crippen LogP contribution in [0.2, 0.25) is 5.02 Å². The fourth-order valence-corrected chi connectivity index (χ4v) is 4.02. The van der Waals surface area contributed by atoms with Gasteiger partial charge in [-0.15, -0.1) is 0 Å². The topological polar surface area (TPSA) is 95.1 Å². The first kappa shape index (κ1) is 19.8. The number of hydrogen-bond donors (Lipinski definition) is 1. The monoisotopic (exact) mass is 429 g/mol. The molecule has 4 rings (SSSR count). The normalized spacial score (nSPS) is 14.6. The first-order valence-corrected chi connectivity index (χ1v) is 11.3. The Labute approximate surface area is 174 Å². The van der Waals surface area contributed by atoms with Crippen LogP contribution in [0.1, 0.15) is 36.2 Å². The number of nitrogens with two attached hydrogens (primary N) is 1. The molecule has 0 atom stereocenters. The Morgan fingerprint density at radius 2 is 1.76 bits per heavy atom. The standard InChI is InChI=1S/C21H20ClN3O3S/c22-16-6-8-17(9-7-16)25-20(15-4-10-18(11-5-15)29(23,27)28)13-19(24-25)21(26)12-14-2-1-3-14/h4-11,13-14H,1-3,12H2,(H2,23,27,28). The van der Waals surface area contributed by atoms with Crippen molar-refractivity contribution < 1.29 is 13.2 Å². The smallest absolute Gasteiger partial charge is 0.238 e. The molecule has 1 aliphatic rings. The van der Waals surface area contributed by atoms with E-state index in [0.717, 1.165) is 24.1 Å². The van der Waals surface area contributed by atoms with Gasteiger partial charge in [0.2, 0.25) is 10.0 Å². The molecule has 2 N–H and O–H groups in total. The van der Waals surface area contributed by atoms with Crippen LogP contribution in [0.3, 0.4) is 0 Å². The lowest BCUT2D eigenvalue weighted by Crippen LogP contribution is -2.16. The lowest BCUT2D eigenvalue weighted by molar-refractivity contribution is 0.0931. The molecule has 3 aromatic rings. The second-order valence-electron chi connectivity index (χ2n) is 7.30. The fourth-order valence-electron chi connectivity index (χ4n) is 3.38. The molecule has 8 heteroatoms. The fraction of sp³-hybridized carbons (Fsp3) is 0.238. The highest BCUT2D eigenvalue weighted by Gasteiger charge is 2.24. The number of halogens is 1. The van der Waals surface area contributed by atoms with Gasteiger partial charge in [0, 0.05) is 17.0 Å². The van der Waals surface area contributed by atoms with Crippen molar-refractivity contribution in [2.45, 2.75) is 30.6 Å². The predicted octanol–water partition coefficient (Wildman–Crippen LogP) is 4.21. The number of Topliss-reactive ketones (excluding diaryl/α,β-unsaturated/α-hetero) is 1. The summed E-state index contributed by atoms with van der Waals surface area (Å²) in [7, 11) is -3.78. The second kappa shape index (κ2) is 7.74. The number of sulfonamides is 1. The first-order chi connectivity index (χ1) is 13.8. The van der Waals surface area contributed by atoms with Gasteiger partial charge in [0.05, 0.1) is 16.3 Å². The molecule has 0 spiro atoms. The van der Waals surface area contributed by atoms with Gasteiger partial charge in [-0.1, -0.05) is 43.0 Å². The zero-order chi connectivity index (χ0) is 20.6. The van der Waals surface area contributed by atoms with Gasteiger partial charge < -0.3 is 0 Å². The summed E-state index contributed by atoms with van der Waals surface area (Å²) in [5.41, 5.74) is 2.56. The zero-order valence-corrected chi connectivity index (χ0v) is 17.2. The van der Waals surface area contributed by atoms with E-state index in [1.807, 2.05) is 12.1 Å². The molecule has 0 amide bonds. The van der Waals surface area contributed by atoms with E-state index in [-0.39, 0.29) is 10.7 Å². The van der Waals surface area contributed by atoms with Crippen LogP contribution in [0.25, 0.3) is 16.9 Å². The molecule has 6 nitrogen and oxygen atoms in total. The van der Waals surface area contributed by atoms with Crippen LogP contribution in [0, 0.1) is 5.92 Å². The van der Waals surface area contributed by atoms with Gasteiger partial charge in [-0.05, 0) is 48.4 Å². The summed E-state index contributed by atoms with van der Waals surface area (Å²) in [5.74, 6) is 0.463. The van der Waals surface area contributed by atoms with Crippen molar-refractivity contribution >= 4 is 27.4 Å². The minimum Gasteiger partial charge on any atom is -0.292 e. The third kappa shape index (κ3) is 4.27. The number of primary sulfonamides is 1. The lowest BCUT2D eigenvalue weighted by Gasteiger charge is -2.23. The van der Waals surface area contributed by atoms with Gasteiger partial charge in [-0.2, -0.15) is 5.10 Å². The van der Waals surface area contributed by atoms with E-state index in [9.17, 15) is 13.2 Å². The van der Waals surface area contributed by atoms with Crippen LogP contribution in [-0.4, -0.2) is 24.0 Å². The molecular weight excluding hydrogens is 410 g/mol. The maximum atomic E-state index is 12.7. The molecule has 29 heavy (non-hydrogen) atoms. The average molecular weight is 430 g/mol. The number of rotatable bonds is 6. The highest BCUT2D eigenvalue weighted by Crippen LogP contribution is 2.32. The number of benzene rings is 2. The van der Waals surface area contributed by atoms with Gasteiger partial charge in [-0.25, -0.2) is 18.2 Å². The van der Waals surface area contributed by atoms with Crippen molar-refractivity contribution in [1.29, 1.82) is 0 Å². The minimum absolute atomic E-state index is 0.0184. The maximum Gasteiger partial charge on any atom is 0.238 e. The third-order valence-corrected chi connectivity index (χ3v) is 6.42. The Hall–Kier alpha value is -2.48. The van der Waals surface area contributed by atoms with Crippen LogP contribution in [0.5, 0.6) is 0 Å². The molecule has 0 bridgehead atoms. The van der Waals surface area contributed by atoms with E-state index >= 15 is 0 Å². The van der Waals surface area contributed by atoms with Crippen molar-refractivity contribution in [3.05, 3.63) is 65.3 Å². The molecule has 150 valence electrons. The summed E-state index contributed by atoms with van der Waals surface area (Å²) in [4.78, 5) is 12.8. The minimum atomic E-state index is -3.78. The Bertz CT molecular complexity index is 1150. The second-order valence-corrected chi connectivity index (χ2v) is 9.29. The van der Waals surface area contributed by atoms with E-state index in [4.69, 9.17) is 16.7 Å². The summed E-state index contributed by atoms with van der Waals surface area (Å²) in [6.07, 6.45) is 3.86. The quantitative estimate of drug-likeness (QED) is 0.593. The summed E-state index contributed by atoms with van der Waals surface area (Å²) in [6.45, 7) is 0. The van der Waals surface area contributed by atoms with Gasteiger partial charge in [-0.3, -0.25) is 4.79 Å². The number of aromatic nitrogens is 2. The van der Waals surface area contributed by atoms with E-state index in [1.54, 1.807) is 35.0 Å². The molecule has 1 aromatic heterocycles. The highest BCUT2D eigenvalue weighted by molar-refractivity contribution is 7.89. The maximum absolute atomic E-state index is 12.7. The van der Waals surface area contributed by atoms with Crippen molar-refractivity contribution in [2.75, 3.05) is 0 Å². The van der Waals surface area contributed by atoms with Gasteiger partial charge in [0.1, 0.15) is 5.69 Å². The molecule has 0 unspecified atom stereocenters. The Balaban J connectivity index is 1.75. The van der Waals surface area contributed by atoms with E-state index < -0.39 is 10.0 Å². The number of carbonyl (C=O) groups is 1. The Morgan fingerprint density at radius 1 is 1.10 bits per heavy atom. The van der Waals surface area contributed by atoms with Crippen LogP contribution < -0.4 is 5.14 Å².